The van der Waals surface area contributed by atoms with Crippen molar-refractivity contribution in [3.63, 3.8) is 0 Å². The SMILES string of the molecule is CNc1c(F)cc(S(N)(=O)=O)cc1[N+](=O)[O-]. The van der Waals surface area contributed by atoms with Crippen LogP contribution in [0.5, 0.6) is 0 Å². The zero-order valence-electron chi connectivity index (χ0n) is 8.10. The van der Waals surface area contributed by atoms with Gasteiger partial charge in [-0.1, -0.05) is 0 Å². The number of anilines is 1. The van der Waals surface area contributed by atoms with Gasteiger partial charge in [-0.25, -0.2) is 17.9 Å². The van der Waals surface area contributed by atoms with Gasteiger partial charge in [-0.3, -0.25) is 10.1 Å². The van der Waals surface area contributed by atoms with Crippen LogP contribution in [0.4, 0.5) is 15.8 Å². The Morgan fingerprint density at radius 1 is 1.50 bits per heavy atom. The monoisotopic (exact) mass is 249 g/mol. The molecule has 7 nitrogen and oxygen atoms in total. The molecule has 16 heavy (non-hydrogen) atoms. The van der Waals surface area contributed by atoms with Crippen LogP contribution in [0.25, 0.3) is 0 Å². The molecule has 0 amide bonds. The van der Waals surface area contributed by atoms with Crippen molar-refractivity contribution in [3.8, 4) is 0 Å². The number of hydrogen-bond acceptors (Lipinski definition) is 5. The van der Waals surface area contributed by atoms with Crippen LogP contribution < -0.4 is 10.5 Å². The molecule has 0 fully saturated rings. The number of benzene rings is 1. The lowest BCUT2D eigenvalue weighted by molar-refractivity contribution is -0.384. The van der Waals surface area contributed by atoms with Gasteiger partial charge in [0, 0.05) is 13.1 Å². The Labute approximate surface area is 90.3 Å². The second-order valence-corrected chi connectivity index (χ2v) is 4.41. The van der Waals surface area contributed by atoms with Crippen LogP contribution >= 0.6 is 0 Å². The molecule has 0 aliphatic heterocycles. The zero-order valence-corrected chi connectivity index (χ0v) is 8.91. The van der Waals surface area contributed by atoms with Crippen LogP contribution in [0.2, 0.25) is 0 Å². The summed E-state index contributed by atoms with van der Waals surface area (Å²) in [4.78, 5) is 9.03. The van der Waals surface area contributed by atoms with Crippen molar-refractivity contribution in [2.45, 2.75) is 4.90 Å². The van der Waals surface area contributed by atoms with Crippen molar-refractivity contribution in [3.05, 3.63) is 28.1 Å². The van der Waals surface area contributed by atoms with E-state index in [1.54, 1.807) is 0 Å². The van der Waals surface area contributed by atoms with Crippen LogP contribution in [0.1, 0.15) is 0 Å². The van der Waals surface area contributed by atoms with Gasteiger partial charge in [-0.05, 0) is 6.07 Å². The van der Waals surface area contributed by atoms with Gasteiger partial charge < -0.3 is 5.32 Å². The van der Waals surface area contributed by atoms with E-state index in [1.807, 2.05) is 0 Å². The third kappa shape index (κ3) is 2.25. The van der Waals surface area contributed by atoms with Gasteiger partial charge in [-0.2, -0.15) is 0 Å². The molecule has 0 spiro atoms. The van der Waals surface area contributed by atoms with Crippen LogP contribution in [0.15, 0.2) is 17.0 Å². The number of nitrogens with zero attached hydrogens (tertiary/aromatic N) is 1. The number of nitrogens with one attached hydrogen (secondary N) is 1. The fourth-order valence-electron chi connectivity index (χ4n) is 1.12. The second-order valence-electron chi connectivity index (χ2n) is 2.85. The van der Waals surface area contributed by atoms with E-state index in [0.29, 0.717) is 12.1 Å². The number of rotatable bonds is 3. The Balaban J connectivity index is 3.59. The largest absolute Gasteiger partial charge is 0.380 e. The van der Waals surface area contributed by atoms with E-state index >= 15 is 0 Å². The van der Waals surface area contributed by atoms with Gasteiger partial charge in [0.15, 0.2) is 5.82 Å². The average molecular weight is 249 g/mol. The first-order chi connectivity index (χ1) is 7.27. The molecule has 1 aromatic rings. The smallest absolute Gasteiger partial charge is 0.296 e. The van der Waals surface area contributed by atoms with Crippen molar-refractivity contribution in [2.75, 3.05) is 12.4 Å². The molecule has 0 saturated heterocycles. The molecule has 0 radical (unpaired) electrons. The van der Waals surface area contributed by atoms with Crippen molar-refractivity contribution >= 4 is 21.4 Å². The quantitative estimate of drug-likeness (QED) is 0.595. The highest BCUT2D eigenvalue weighted by Gasteiger charge is 2.22. The highest BCUT2D eigenvalue weighted by atomic mass is 32.2. The summed E-state index contributed by atoms with van der Waals surface area (Å²) in [5, 5.41) is 17.6. The van der Waals surface area contributed by atoms with Gasteiger partial charge in [0.2, 0.25) is 10.0 Å². The topological polar surface area (TPSA) is 115 Å². The lowest BCUT2D eigenvalue weighted by Gasteiger charge is -2.05. The van der Waals surface area contributed by atoms with Gasteiger partial charge in [0.25, 0.3) is 5.69 Å². The minimum absolute atomic E-state index is 0.391. The zero-order chi connectivity index (χ0) is 12.5. The third-order valence-electron chi connectivity index (χ3n) is 1.82. The summed E-state index contributed by atoms with van der Waals surface area (Å²) in [5.41, 5.74) is -1.08. The first-order valence-electron chi connectivity index (χ1n) is 3.96. The summed E-state index contributed by atoms with van der Waals surface area (Å²) >= 11 is 0. The number of nitrogens with two attached hydrogens (primary N) is 1. The second kappa shape index (κ2) is 4.02. The molecule has 0 aromatic heterocycles. The normalized spacial score (nSPS) is 11.2. The lowest BCUT2D eigenvalue weighted by atomic mass is 10.2. The van der Waals surface area contributed by atoms with Gasteiger partial charge >= 0.3 is 0 Å². The van der Waals surface area contributed by atoms with E-state index in [9.17, 15) is 22.9 Å². The van der Waals surface area contributed by atoms with Crippen molar-refractivity contribution in [1.29, 1.82) is 0 Å². The highest BCUT2D eigenvalue weighted by molar-refractivity contribution is 7.89. The molecular weight excluding hydrogens is 241 g/mol. The molecule has 88 valence electrons. The molecule has 0 unspecified atom stereocenters. The molecule has 1 aromatic carbocycles. The summed E-state index contributed by atoms with van der Waals surface area (Å²) in [6.07, 6.45) is 0. The number of sulfonamides is 1. The summed E-state index contributed by atoms with van der Waals surface area (Å²) in [6.45, 7) is 0. The predicted octanol–water partition coefficient (Wildman–Crippen LogP) is 0.423. The molecule has 0 atom stereocenters. The van der Waals surface area contributed by atoms with E-state index in [0.717, 1.165) is 0 Å². The average Bonchev–Trinajstić information content (AvgIpc) is 2.14. The Morgan fingerprint density at radius 3 is 2.44 bits per heavy atom. The fraction of sp³-hybridized carbons (Fsp3) is 0.143. The van der Waals surface area contributed by atoms with Crippen molar-refractivity contribution < 1.29 is 17.7 Å². The van der Waals surface area contributed by atoms with E-state index in [1.165, 1.54) is 7.05 Å². The maximum Gasteiger partial charge on any atom is 0.296 e. The minimum atomic E-state index is -4.18. The number of nitro benzene ring substituents is 1. The maximum atomic E-state index is 13.3. The van der Waals surface area contributed by atoms with E-state index in [2.05, 4.69) is 5.32 Å². The fourth-order valence-corrected chi connectivity index (χ4v) is 1.67. The van der Waals surface area contributed by atoms with Crippen molar-refractivity contribution in [1.82, 2.24) is 0 Å². The Hall–Kier alpha value is -1.74. The van der Waals surface area contributed by atoms with E-state index in [-0.39, 0.29) is 0 Å². The predicted molar refractivity (Wildman–Crippen MR) is 54.0 cm³/mol. The van der Waals surface area contributed by atoms with Crippen LogP contribution in [-0.4, -0.2) is 20.4 Å². The summed E-state index contributed by atoms with van der Waals surface area (Å²) in [7, 11) is -2.90. The van der Waals surface area contributed by atoms with Crippen LogP contribution in [-0.2, 0) is 10.0 Å². The number of nitro groups is 1. The number of hydrogen-bond donors (Lipinski definition) is 2. The molecule has 0 aliphatic carbocycles. The van der Waals surface area contributed by atoms with E-state index in [4.69, 9.17) is 5.14 Å². The molecule has 1 rings (SSSR count). The Morgan fingerprint density at radius 2 is 2.06 bits per heavy atom. The standard InChI is InChI=1S/C7H8FN3O4S/c1-10-7-5(8)2-4(16(9,14)15)3-6(7)11(12)13/h2-3,10H,1H3,(H2,9,14,15). The number of primary sulfonamides is 1. The molecule has 0 saturated carbocycles. The molecule has 3 N–H and O–H groups in total. The first kappa shape index (κ1) is 12.3. The van der Waals surface area contributed by atoms with Crippen molar-refractivity contribution in [2.24, 2.45) is 5.14 Å². The third-order valence-corrected chi connectivity index (χ3v) is 2.71. The molecule has 9 heteroatoms. The van der Waals surface area contributed by atoms with Gasteiger partial charge in [-0.15, -0.1) is 0 Å². The van der Waals surface area contributed by atoms with E-state index < -0.39 is 37.0 Å². The Bertz CT molecular complexity index is 543. The van der Waals surface area contributed by atoms with Crippen LogP contribution in [0.3, 0.4) is 0 Å². The molecule has 0 aliphatic rings. The summed E-state index contributed by atoms with van der Waals surface area (Å²) in [5.74, 6) is -1.05. The molecule has 0 heterocycles. The number of halogens is 1. The van der Waals surface area contributed by atoms with Gasteiger partial charge in [0.1, 0.15) is 5.69 Å². The Kier molecular flexibility index (Phi) is 3.10. The molecular formula is C7H8FN3O4S. The van der Waals surface area contributed by atoms with Gasteiger partial charge in [0.05, 0.1) is 9.82 Å². The van der Waals surface area contributed by atoms with Crippen LogP contribution in [0, 0.1) is 15.9 Å². The first-order valence-corrected chi connectivity index (χ1v) is 5.50. The minimum Gasteiger partial charge on any atom is -0.380 e. The summed E-state index contributed by atoms with van der Waals surface area (Å²) < 4.78 is 35.2. The molecule has 0 bridgehead atoms. The maximum absolute atomic E-state index is 13.3. The lowest BCUT2D eigenvalue weighted by Crippen LogP contribution is -2.13. The summed E-state index contributed by atoms with van der Waals surface area (Å²) in [6, 6.07) is 1.32. The highest BCUT2D eigenvalue weighted by Crippen LogP contribution is 2.29.